The van der Waals surface area contributed by atoms with Crippen molar-refractivity contribution in [3.8, 4) is 0 Å². The largest absolute Gasteiger partial charge is 0.381 e. The highest BCUT2D eigenvalue weighted by molar-refractivity contribution is 7.98. The fourth-order valence-electron chi connectivity index (χ4n) is 2.86. The number of benzene rings is 1. The predicted octanol–water partition coefficient (Wildman–Crippen LogP) is 3.87. The SMILES string of the molecule is COC1CC(NC(C)c2ccc(SC)cc2)C1(C)C. The molecule has 2 rings (SSSR count). The van der Waals surface area contributed by atoms with Crippen LogP contribution >= 0.6 is 11.8 Å². The van der Waals surface area contributed by atoms with E-state index in [1.807, 2.05) is 7.11 Å². The molecular formula is C16H25NOS. The fraction of sp³-hybridized carbons (Fsp3) is 0.625. The summed E-state index contributed by atoms with van der Waals surface area (Å²) in [7, 11) is 1.81. The van der Waals surface area contributed by atoms with Crippen LogP contribution in [-0.2, 0) is 4.74 Å². The van der Waals surface area contributed by atoms with Gasteiger partial charge in [0.2, 0.25) is 0 Å². The number of methoxy groups -OCH3 is 1. The first-order chi connectivity index (χ1) is 8.98. The van der Waals surface area contributed by atoms with Gasteiger partial charge in [-0.3, -0.25) is 0 Å². The van der Waals surface area contributed by atoms with Gasteiger partial charge in [-0.1, -0.05) is 26.0 Å². The molecule has 0 radical (unpaired) electrons. The van der Waals surface area contributed by atoms with Crippen molar-refractivity contribution in [1.82, 2.24) is 5.32 Å². The lowest BCUT2D eigenvalue weighted by Gasteiger charge is -2.52. The Morgan fingerprint density at radius 1 is 1.32 bits per heavy atom. The summed E-state index contributed by atoms with van der Waals surface area (Å²) in [6, 6.07) is 9.77. The van der Waals surface area contributed by atoms with Crippen molar-refractivity contribution in [3.05, 3.63) is 29.8 Å². The first-order valence-corrected chi connectivity index (χ1v) is 8.14. The van der Waals surface area contributed by atoms with Gasteiger partial charge < -0.3 is 10.1 Å². The summed E-state index contributed by atoms with van der Waals surface area (Å²) < 4.78 is 5.51. The van der Waals surface area contributed by atoms with Crippen molar-refractivity contribution < 1.29 is 4.74 Å². The second-order valence-electron chi connectivity index (χ2n) is 6.00. The molecule has 106 valence electrons. The van der Waals surface area contributed by atoms with Crippen LogP contribution < -0.4 is 5.32 Å². The topological polar surface area (TPSA) is 21.3 Å². The Labute approximate surface area is 121 Å². The Kier molecular flexibility index (Phi) is 4.59. The van der Waals surface area contributed by atoms with E-state index in [2.05, 4.69) is 56.6 Å². The molecule has 0 aliphatic heterocycles. The van der Waals surface area contributed by atoms with Gasteiger partial charge in [0, 0.05) is 29.5 Å². The fourth-order valence-corrected chi connectivity index (χ4v) is 3.27. The first kappa shape index (κ1) is 14.9. The van der Waals surface area contributed by atoms with Crippen LogP contribution in [0.2, 0.25) is 0 Å². The minimum atomic E-state index is 0.224. The maximum Gasteiger partial charge on any atom is 0.0652 e. The number of rotatable bonds is 5. The summed E-state index contributed by atoms with van der Waals surface area (Å²) in [6.45, 7) is 6.81. The highest BCUT2D eigenvalue weighted by Gasteiger charge is 2.48. The van der Waals surface area contributed by atoms with Gasteiger partial charge in [0.1, 0.15) is 0 Å². The van der Waals surface area contributed by atoms with Gasteiger partial charge in [-0.25, -0.2) is 0 Å². The summed E-state index contributed by atoms with van der Waals surface area (Å²) in [6.07, 6.45) is 3.60. The average Bonchev–Trinajstić information content (AvgIpc) is 2.42. The van der Waals surface area contributed by atoms with E-state index in [-0.39, 0.29) is 5.41 Å². The Morgan fingerprint density at radius 2 is 1.95 bits per heavy atom. The molecule has 1 N–H and O–H groups in total. The second-order valence-corrected chi connectivity index (χ2v) is 6.88. The van der Waals surface area contributed by atoms with E-state index in [0.717, 1.165) is 6.42 Å². The Morgan fingerprint density at radius 3 is 2.42 bits per heavy atom. The smallest absolute Gasteiger partial charge is 0.0652 e. The molecule has 3 atom stereocenters. The number of hydrogen-bond acceptors (Lipinski definition) is 3. The van der Waals surface area contributed by atoms with Crippen LogP contribution in [0.5, 0.6) is 0 Å². The van der Waals surface area contributed by atoms with Crippen LogP contribution in [0.3, 0.4) is 0 Å². The molecular weight excluding hydrogens is 254 g/mol. The molecule has 3 unspecified atom stereocenters. The Hall–Kier alpha value is -0.510. The van der Waals surface area contributed by atoms with Crippen LogP contribution in [0.1, 0.15) is 38.8 Å². The average molecular weight is 279 g/mol. The minimum absolute atomic E-state index is 0.224. The van der Waals surface area contributed by atoms with Crippen molar-refractivity contribution in [2.75, 3.05) is 13.4 Å². The van der Waals surface area contributed by atoms with Crippen molar-refractivity contribution >= 4 is 11.8 Å². The van der Waals surface area contributed by atoms with Crippen LogP contribution in [-0.4, -0.2) is 25.5 Å². The Bertz CT molecular complexity index is 415. The van der Waals surface area contributed by atoms with Gasteiger partial charge in [-0.2, -0.15) is 0 Å². The monoisotopic (exact) mass is 279 g/mol. The molecule has 0 bridgehead atoms. The van der Waals surface area contributed by atoms with Crippen LogP contribution in [0.4, 0.5) is 0 Å². The highest BCUT2D eigenvalue weighted by atomic mass is 32.2. The number of thioether (sulfide) groups is 1. The molecule has 0 saturated heterocycles. The van der Waals surface area contributed by atoms with E-state index in [9.17, 15) is 0 Å². The number of nitrogens with one attached hydrogen (secondary N) is 1. The standard InChI is InChI=1S/C16H25NOS/c1-11(12-6-8-13(19-5)9-7-12)17-14-10-15(18-4)16(14,2)3/h6-9,11,14-15,17H,10H2,1-5H3. The summed E-state index contributed by atoms with van der Waals surface area (Å²) in [4.78, 5) is 1.32. The van der Waals surface area contributed by atoms with Gasteiger partial charge in [0.05, 0.1) is 6.10 Å². The lowest BCUT2D eigenvalue weighted by molar-refractivity contribution is -0.0999. The molecule has 1 aliphatic carbocycles. The molecule has 1 aliphatic rings. The molecule has 0 aromatic heterocycles. The molecule has 0 amide bonds. The van der Waals surface area contributed by atoms with E-state index in [4.69, 9.17) is 4.74 Å². The molecule has 19 heavy (non-hydrogen) atoms. The van der Waals surface area contributed by atoms with E-state index in [1.165, 1.54) is 10.5 Å². The molecule has 3 heteroatoms. The molecule has 1 fully saturated rings. The van der Waals surface area contributed by atoms with Gasteiger partial charge in [-0.05, 0) is 37.3 Å². The third-order valence-corrected chi connectivity index (χ3v) is 5.27. The lowest BCUT2D eigenvalue weighted by Crippen LogP contribution is -2.60. The molecule has 2 nitrogen and oxygen atoms in total. The molecule has 1 aromatic carbocycles. The van der Waals surface area contributed by atoms with E-state index in [1.54, 1.807) is 11.8 Å². The highest BCUT2D eigenvalue weighted by Crippen LogP contribution is 2.43. The van der Waals surface area contributed by atoms with Crippen molar-refractivity contribution in [1.29, 1.82) is 0 Å². The van der Waals surface area contributed by atoms with Crippen LogP contribution in [0.25, 0.3) is 0 Å². The zero-order chi connectivity index (χ0) is 14.0. The van der Waals surface area contributed by atoms with Gasteiger partial charge >= 0.3 is 0 Å². The second kappa shape index (κ2) is 5.86. The lowest BCUT2D eigenvalue weighted by atomic mass is 9.64. The van der Waals surface area contributed by atoms with Crippen molar-refractivity contribution in [2.45, 2.75) is 50.3 Å². The van der Waals surface area contributed by atoms with Crippen LogP contribution in [0, 0.1) is 5.41 Å². The number of ether oxygens (including phenoxy) is 1. The predicted molar refractivity (Wildman–Crippen MR) is 82.8 cm³/mol. The van der Waals surface area contributed by atoms with E-state index < -0.39 is 0 Å². The normalized spacial score (nSPS) is 26.8. The third kappa shape index (κ3) is 2.99. The molecule has 1 saturated carbocycles. The van der Waals surface area contributed by atoms with Gasteiger partial charge in [0.15, 0.2) is 0 Å². The molecule has 0 spiro atoms. The zero-order valence-electron chi connectivity index (χ0n) is 12.6. The van der Waals surface area contributed by atoms with Gasteiger partial charge in [-0.15, -0.1) is 11.8 Å². The summed E-state index contributed by atoms with van der Waals surface area (Å²) in [5, 5.41) is 3.74. The zero-order valence-corrected chi connectivity index (χ0v) is 13.4. The maximum atomic E-state index is 5.51. The van der Waals surface area contributed by atoms with Crippen molar-refractivity contribution in [3.63, 3.8) is 0 Å². The maximum absolute atomic E-state index is 5.51. The molecule has 1 aromatic rings. The first-order valence-electron chi connectivity index (χ1n) is 6.91. The summed E-state index contributed by atoms with van der Waals surface area (Å²) in [5.41, 5.74) is 1.58. The third-order valence-electron chi connectivity index (χ3n) is 4.53. The van der Waals surface area contributed by atoms with E-state index in [0.29, 0.717) is 18.2 Å². The summed E-state index contributed by atoms with van der Waals surface area (Å²) >= 11 is 1.78. The molecule has 0 heterocycles. The van der Waals surface area contributed by atoms with Crippen molar-refractivity contribution in [2.24, 2.45) is 5.41 Å². The van der Waals surface area contributed by atoms with E-state index >= 15 is 0 Å². The Balaban J connectivity index is 1.96. The quantitative estimate of drug-likeness (QED) is 0.827. The number of hydrogen-bond donors (Lipinski definition) is 1. The summed E-state index contributed by atoms with van der Waals surface area (Å²) in [5.74, 6) is 0. The minimum Gasteiger partial charge on any atom is -0.381 e. The van der Waals surface area contributed by atoms with Gasteiger partial charge in [0.25, 0.3) is 0 Å². The van der Waals surface area contributed by atoms with Crippen LogP contribution in [0.15, 0.2) is 29.2 Å².